The maximum absolute atomic E-state index is 13.5. The fourth-order valence-electron chi connectivity index (χ4n) is 9.19. The van der Waals surface area contributed by atoms with Gasteiger partial charge in [-0.2, -0.15) is 43.9 Å². The van der Waals surface area contributed by atoms with Crippen LogP contribution in [0.25, 0.3) is 43.1 Å². The molecule has 10 rings (SSSR count). The first-order chi connectivity index (χ1) is 40.9. The monoisotopic (exact) mass is 1240 g/mol. The molecule has 0 heterocycles. The molecule has 0 amide bonds. The normalized spacial score (nSPS) is 12.8. The average molecular weight is 1240 g/mol. The number of phenolic OH excluding ortho intramolecular Hbond substituents is 2. The summed E-state index contributed by atoms with van der Waals surface area (Å²) in [7, 11) is -15.2. The van der Waals surface area contributed by atoms with Gasteiger partial charge in [-0.05, 0) is 127 Å². The Labute approximate surface area is 490 Å². The molecule has 0 fully saturated rings. The molecule has 10 aromatic rings. The third kappa shape index (κ3) is 12.1. The van der Waals surface area contributed by atoms with Crippen LogP contribution in [-0.4, -0.2) is 69.8 Å². The van der Waals surface area contributed by atoms with E-state index in [1.165, 1.54) is 72.8 Å². The fourth-order valence-corrected chi connectivity index (χ4v) is 12.1. The highest BCUT2D eigenvalue weighted by atomic mass is 32.2. The van der Waals surface area contributed by atoms with E-state index in [1.54, 1.807) is 36.4 Å². The first-order valence-electron chi connectivity index (χ1n) is 25.1. The number of nitrogen functional groups attached to an aromatic ring is 2. The number of nitrogens with zero attached hydrogens (tertiary/aromatic N) is 8. The summed E-state index contributed by atoms with van der Waals surface area (Å²) in [5.74, 6) is -2.31. The molecule has 0 saturated heterocycles. The second-order valence-corrected chi connectivity index (χ2v) is 25.4. The van der Waals surface area contributed by atoms with Gasteiger partial charge in [0.2, 0.25) is 0 Å². The SMILES string of the molecule is COS(=O)(=O)c1ccc2cccc(N=Nc3ccc(N)c4c(O)c(N=Nc5ccc(Nc6ccc(N=Nc7c(CS(=O)(=O)O)cc8c(N=Nc9cccc%10ccc(C)cc9%10)ccc(N)c8c7O)cc6)c(S(=O)(=O)OC)c5)c(S(=O)(=O)OC)cc34)c2c1. The lowest BCUT2D eigenvalue weighted by atomic mass is 10.0. The largest absolute Gasteiger partial charge is 0.505 e. The van der Waals surface area contributed by atoms with Crippen molar-refractivity contribution in [1.82, 2.24) is 0 Å². The minimum Gasteiger partial charge on any atom is -0.505 e. The molecule has 0 aliphatic heterocycles. The van der Waals surface area contributed by atoms with E-state index in [2.05, 4.69) is 50.4 Å². The van der Waals surface area contributed by atoms with Crippen molar-refractivity contribution in [2.24, 2.45) is 40.9 Å². The molecule has 8 N–H and O–H groups in total. The molecule has 0 atom stereocenters. The van der Waals surface area contributed by atoms with Gasteiger partial charge in [0.25, 0.3) is 40.5 Å². The highest BCUT2D eigenvalue weighted by molar-refractivity contribution is 7.87. The van der Waals surface area contributed by atoms with E-state index in [9.17, 15) is 48.4 Å². The van der Waals surface area contributed by atoms with Gasteiger partial charge in [-0.15, -0.1) is 30.7 Å². The predicted octanol–water partition coefficient (Wildman–Crippen LogP) is 14.0. The Hall–Kier alpha value is -9.72. The molecule has 29 heteroatoms. The molecule has 0 aliphatic carbocycles. The molecule has 0 aliphatic rings. The summed E-state index contributed by atoms with van der Waals surface area (Å²) in [6.45, 7) is 1.95. The van der Waals surface area contributed by atoms with E-state index in [-0.39, 0.29) is 83.2 Å². The van der Waals surface area contributed by atoms with Crippen molar-refractivity contribution in [1.29, 1.82) is 0 Å². The van der Waals surface area contributed by atoms with Crippen LogP contribution in [0, 0.1) is 6.92 Å². The van der Waals surface area contributed by atoms with Crippen LogP contribution >= 0.6 is 0 Å². The number of hydrogen-bond acceptors (Lipinski definition) is 24. The molecular formula is C57H47N11O14S4. The summed E-state index contributed by atoms with van der Waals surface area (Å²) in [6, 6.07) is 38.6. The Morgan fingerprint density at radius 2 is 0.965 bits per heavy atom. The first-order valence-corrected chi connectivity index (χ1v) is 30.9. The van der Waals surface area contributed by atoms with Crippen molar-refractivity contribution in [3.8, 4) is 11.5 Å². The van der Waals surface area contributed by atoms with E-state index >= 15 is 0 Å². The summed E-state index contributed by atoms with van der Waals surface area (Å²) in [4.78, 5) is -1.29. The third-order valence-corrected chi connectivity index (χ3v) is 18.0. The van der Waals surface area contributed by atoms with Gasteiger partial charge in [0.15, 0.2) is 11.5 Å². The van der Waals surface area contributed by atoms with Crippen molar-refractivity contribution >= 4 is 152 Å². The van der Waals surface area contributed by atoms with Crippen LogP contribution in [0.3, 0.4) is 0 Å². The van der Waals surface area contributed by atoms with E-state index in [0.717, 1.165) is 49.8 Å². The standard InChI is InChI=1S/C57H47N11O14S4/c1-31-11-12-32-7-5-9-45(39(32)25-31)63-65-47-23-20-43(58)52-41(47)26-34(30-83(71,72)73)54(56(52)69)67-61-36-16-14-35(15-17-36)60-49-22-18-37(27-50(49)85(76,77)81-3)62-68-55-51(86(78,79)82-4)29-42-48(24-21-44(59)53(42)57(55)70)66-64-46-10-6-8-33-13-19-38(28-40(33)46)84(74,75)80-2/h5-29,60,69-70H,30,58-59H2,1-4H3,(H,71,72,73). The molecule has 0 aromatic heterocycles. The number of rotatable bonds is 18. The van der Waals surface area contributed by atoms with Gasteiger partial charge >= 0.3 is 0 Å². The van der Waals surface area contributed by atoms with E-state index < -0.39 is 73.2 Å². The zero-order chi connectivity index (χ0) is 61.5. The van der Waals surface area contributed by atoms with Crippen molar-refractivity contribution in [3.63, 3.8) is 0 Å². The summed E-state index contributed by atoms with van der Waals surface area (Å²) in [5, 5.41) is 63.5. The minimum absolute atomic E-state index is 0.0113. The van der Waals surface area contributed by atoms with Gasteiger partial charge in [-0.1, -0.05) is 48.0 Å². The second-order valence-electron chi connectivity index (χ2n) is 18.9. The number of fused-ring (bicyclic) bond motifs is 4. The topological polar surface area (TPSA) is 388 Å². The van der Waals surface area contributed by atoms with Gasteiger partial charge in [0, 0.05) is 44.2 Å². The average Bonchev–Trinajstić information content (AvgIpc) is 0.888. The van der Waals surface area contributed by atoms with E-state index in [4.69, 9.17) is 19.8 Å². The summed E-state index contributed by atoms with van der Waals surface area (Å²) in [5.41, 5.74) is 13.9. The molecule has 0 spiro atoms. The molecule has 438 valence electrons. The Morgan fingerprint density at radius 1 is 0.465 bits per heavy atom. The minimum atomic E-state index is -4.72. The lowest BCUT2D eigenvalue weighted by molar-refractivity contribution is 0.396. The molecule has 25 nitrogen and oxygen atoms in total. The number of azo groups is 4. The van der Waals surface area contributed by atoms with E-state index in [1.807, 2.05) is 37.3 Å². The highest BCUT2D eigenvalue weighted by Gasteiger charge is 2.28. The lowest BCUT2D eigenvalue weighted by Gasteiger charge is -2.14. The van der Waals surface area contributed by atoms with Crippen LogP contribution in [0.15, 0.2) is 207 Å². The maximum atomic E-state index is 13.5. The molecule has 86 heavy (non-hydrogen) atoms. The van der Waals surface area contributed by atoms with Crippen LogP contribution in [0.2, 0.25) is 0 Å². The van der Waals surface area contributed by atoms with Crippen LogP contribution in [0.4, 0.5) is 68.2 Å². The van der Waals surface area contributed by atoms with Gasteiger partial charge in [0.1, 0.15) is 26.9 Å². The molecule has 0 radical (unpaired) electrons. The molecule has 0 unspecified atom stereocenters. The maximum Gasteiger partial charge on any atom is 0.299 e. The number of phenols is 2. The fraction of sp³-hybridized carbons (Fsp3) is 0.0877. The number of nitrogens with two attached hydrogens (primary N) is 2. The van der Waals surface area contributed by atoms with Crippen molar-refractivity contribution in [3.05, 3.63) is 163 Å². The predicted molar refractivity (Wildman–Crippen MR) is 323 cm³/mol. The molecular weight excluding hydrogens is 1190 g/mol. The Morgan fingerprint density at radius 3 is 1.55 bits per heavy atom. The second kappa shape index (κ2) is 23.4. The lowest BCUT2D eigenvalue weighted by Crippen LogP contribution is -2.06. The van der Waals surface area contributed by atoms with Gasteiger partial charge in [-0.3, -0.25) is 17.1 Å². The highest BCUT2D eigenvalue weighted by Crippen LogP contribution is 2.49. The van der Waals surface area contributed by atoms with E-state index in [0.29, 0.717) is 22.1 Å². The number of benzene rings is 10. The number of anilines is 4. The van der Waals surface area contributed by atoms with Crippen molar-refractivity contribution in [2.75, 3.05) is 38.1 Å². The third-order valence-electron chi connectivity index (χ3n) is 13.4. The van der Waals surface area contributed by atoms with Crippen LogP contribution in [-0.2, 0) is 58.8 Å². The van der Waals surface area contributed by atoms with Crippen LogP contribution in [0.5, 0.6) is 11.5 Å². The summed E-state index contributed by atoms with van der Waals surface area (Å²) >= 11 is 0. The summed E-state index contributed by atoms with van der Waals surface area (Å²) < 4.78 is 128. The zero-order valence-electron chi connectivity index (χ0n) is 45.3. The van der Waals surface area contributed by atoms with Gasteiger partial charge in [0.05, 0.1) is 76.8 Å². The van der Waals surface area contributed by atoms with Crippen molar-refractivity contribution in [2.45, 2.75) is 27.4 Å². The van der Waals surface area contributed by atoms with Crippen LogP contribution in [0.1, 0.15) is 11.1 Å². The zero-order valence-corrected chi connectivity index (χ0v) is 48.6. The Bertz CT molecular complexity index is 5050. The van der Waals surface area contributed by atoms with Gasteiger partial charge < -0.3 is 27.0 Å². The smallest absolute Gasteiger partial charge is 0.299 e. The Balaban J connectivity index is 0.943. The van der Waals surface area contributed by atoms with Crippen LogP contribution < -0.4 is 16.8 Å². The summed E-state index contributed by atoms with van der Waals surface area (Å²) in [6.07, 6.45) is 0. The molecule has 10 aromatic carbocycles. The van der Waals surface area contributed by atoms with Crippen molar-refractivity contribution < 1.29 is 61.0 Å². The number of aromatic hydroxyl groups is 2. The first kappa shape index (κ1) is 59.4. The number of nitrogens with one attached hydrogen (secondary N) is 1. The molecule has 0 saturated carbocycles. The molecule has 0 bridgehead atoms. The quantitative estimate of drug-likeness (QED) is 0.0201. The number of hydrogen-bond donors (Lipinski definition) is 6. The van der Waals surface area contributed by atoms with Gasteiger partial charge in [-0.25, -0.2) is 0 Å². The number of aryl methyl sites for hydroxylation is 1. The Kier molecular flexibility index (Phi) is 16.2.